The molecule has 0 aliphatic carbocycles. The van der Waals surface area contributed by atoms with E-state index in [-0.39, 0.29) is 49.6 Å². The fourth-order valence-electron chi connectivity index (χ4n) is 1.20. The van der Waals surface area contributed by atoms with Crippen molar-refractivity contribution in [2.45, 2.75) is 52.6 Å². The van der Waals surface area contributed by atoms with Crippen molar-refractivity contribution in [2.75, 3.05) is 0 Å². The van der Waals surface area contributed by atoms with E-state index in [2.05, 4.69) is 10.4 Å². The smallest absolute Gasteiger partial charge is 0.548 e. The van der Waals surface area contributed by atoms with Crippen LogP contribution < -0.4 is 10.2 Å². The van der Waals surface area contributed by atoms with Gasteiger partial charge in [-0.2, -0.15) is 9.81 Å². The maximum absolute atomic E-state index is 10.1. The fourth-order valence-corrected chi connectivity index (χ4v) is 1.20. The van der Waals surface area contributed by atoms with Crippen molar-refractivity contribution in [2.24, 2.45) is 22.2 Å². The van der Waals surface area contributed by atoms with Gasteiger partial charge in [-0.05, 0) is 11.8 Å². The van der Waals surface area contributed by atoms with E-state index in [9.17, 15) is 29.6 Å². The number of carboxylic acids is 2. The first-order valence-electron chi connectivity index (χ1n) is 6.33. The monoisotopic (exact) mass is 328 g/mol. The molecular formula is C12H20CaN2O6. The van der Waals surface area contributed by atoms with Gasteiger partial charge in [0, 0.05) is 0 Å². The van der Waals surface area contributed by atoms with E-state index in [1.54, 1.807) is 27.7 Å². The summed E-state index contributed by atoms with van der Waals surface area (Å²) in [5, 5.41) is 25.1. The molecule has 9 heteroatoms. The van der Waals surface area contributed by atoms with Crippen LogP contribution >= 0.6 is 0 Å². The topological polar surface area (TPSA) is 139 Å². The molecule has 0 aromatic carbocycles. The van der Waals surface area contributed by atoms with Gasteiger partial charge < -0.3 is 19.8 Å². The first-order valence-corrected chi connectivity index (χ1v) is 6.33. The van der Waals surface area contributed by atoms with E-state index in [4.69, 9.17) is 0 Å². The summed E-state index contributed by atoms with van der Waals surface area (Å²) in [7, 11) is 0. The Kier molecular flexibility index (Phi) is 17.3. The van der Waals surface area contributed by atoms with Crippen LogP contribution in [-0.2, 0) is 9.59 Å². The molecule has 0 fully saturated rings. The number of hydrogen-bond donors (Lipinski definition) is 0. The maximum atomic E-state index is 10.1. The Morgan fingerprint density at radius 3 is 1.14 bits per heavy atom. The Hall–Kier alpha value is -0.600. The zero-order valence-electron chi connectivity index (χ0n) is 12.8. The van der Waals surface area contributed by atoms with E-state index in [1.165, 1.54) is 0 Å². The molecule has 21 heavy (non-hydrogen) atoms. The normalized spacial score (nSPS) is 15.0. The quantitative estimate of drug-likeness (QED) is 0.433. The van der Waals surface area contributed by atoms with Crippen LogP contribution in [0.4, 0.5) is 0 Å². The summed E-state index contributed by atoms with van der Waals surface area (Å²) < 4.78 is 0. The second kappa shape index (κ2) is 14.3. The predicted molar refractivity (Wildman–Crippen MR) is 73.8 cm³/mol. The van der Waals surface area contributed by atoms with Crippen molar-refractivity contribution < 1.29 is 19.8 Å². The van der Waals surface area contributed by atoms with Gasteiger partial charge in [0.1, 0.15) is 12.1 Å². The van der Waals surface area contributed by atoms with Gasteiger partial charge in [-0.3, -0.25) is 0 Å². The number of carbonyl (C=O) groups is 2. The molecule has 4 atom stereocenters. The molecule has 0 heterocycles. The number of carbonyl (C=O) groups excluding carboxylic acids is 2. The van der Waals surface area contributed by atoms with Crippen LogP contribution in [0.15, 0.2) is 10.4 Å². The number of aliphatic carboxylic acids is 2. The zero-order chi connectivity index (χ0) is 16.3. The molecule has 0 aromatic rings. The van der Waals surface area contributed by atoms with Gasteiger partial charge in [-0.25, -0.2) is 0 Å². The van der Waals surface area contributed by atoms with Crippen molar-refractivity contribution in [3.8, 4) is 0 Å². The van der Waals surface area contributed by atoms with E-state index < -0.39 is 24.0 Å². The standard InChI is InChI=1S/2C6H11NO3.Ca/c2*1-3-4(2)5(7-10)6(8)9;/h2*4-5H,3H2,1-2H3,(H,8,9);/q;;+2/p-2/t2*4-,5-;/m00./s1. The minimum Gasteiger partial charge on any atom is -0.548 e. The van der Waals surface area contributed by atoms with E-state index in [0.29, 0.717) is 12.8 Å². The third-order valence-corrected chi connectivity index (χ3v) is 3.08. The Labute approximate surface area is 153 Å². The first kappa shape index (κ1) is 25.4. The molecule has 8 nitrogen and oxygen atoms in total. The van der Waals surface area contributed by atoms with Gasteiger partial charge in [0.25, 0.3) is 0 Å². The van der Waals surface area contributed by atoms with Crippen LogP contribution in [0.25, 0.3) is 0 Å². The summed E-state index contributed by atoms with van der Waals surface area (Å²) in [5.41, 5.74) is 0. The average Bonchev–Trinajstić information content (AvgIpc) is 2.39. The molecule has 0 aliphatic rings. The largest absolute Gasteiger partial charge is 2.00 e. The average molecular weight is 328 g/mol. The minimum atomic E-state index is -1.38. The molecule has 0 spiro atoms. The molecule has 0 amide bonds. The number of carboxylic acid groups (broad SMARTS) is 2. The number of rotatable bonds is 8. The molecule has 116 valence electrons. The van der Waals surface area contributed by atoms with Crippen LogP contribution in [0.1, 0.15) is 40.5 Å². The molecule has 0 saturated heterocycles. The fraction of sp³-hybridized carbons (Fsp3) is 0.833. The third kappa shape index (κ3) is 10.7. The van der Waals surface area contributed by atoms with Gasteiger partial charge in [0.15, 0.2) is 0 Å². The Balaban J connectivity index is -0.000000295. The van der Waals surface area contributed by atoms with Crippen molar-refractivity contribution >= 4 is 49.7 Å². The van der Waals surface area contributed by atoms with Crippen LogP contribution in [0.2, 0.25) is 0 Å². The zero-order valence-corrected chi connectivity index (χ0v) is 15.0. The van der Waals surface area contributed by atoms with Crippen molar-refractivity contribution in [1.82, 2.24) is 0 Å². The Morgan fingerprint density at radius 2 is 1.10 bits per heavy atom. The molecule has 0 saturated carbocycles. The molecule has 0 radical (unpaired) electrons. The number of nitroso groups, excluding NO2 is 2. The molecule has 0 aromatic heterocycles. The van der Waals surface area contributed by atoms with E-state index in [0.717, 1.165) is 0 Å². The molecule has 0 rings (SSSR count). The summed E-state index contributed by atoms with van der Waals surface area (Å²) in [6, 6.07) is -2.38. The number of hydrogen-bond acceptors (Lipinski definition) is 8. The Morgan fingerprint density at radius 1 is 0.857 bits per heavy atom. The van der Waals surface area contributed by atoms with Gasteiger partial charge in [0.05, 0.1) is 11.9 Å². The summed E-state index contributed by atoms with van der Waals surface area (Å²) in [6.45, 7) is 6.90. The van der Waals surface area contributed by atoms with Crippen molar-refractivity contribution in [1.29, 1.82) is 0 Å². The van der Waals surface area contributed by atoms with Gasteiger partial charge in [-0.15, -0.1) is 0 Å². The van der Waals surface area contributed by atoms with E-state index >= 15 is 0 Å². The first-order chi connectivity index (χ1) is 9.26. The maximum Gasteiger partial charge on any atom is 2.00 e. The van der Waals surface area contributed by atoms with Crippen LogP contribution in [0.3, 0.4) is 0 Å². The van der Waals surface area contributed by atoms with Crippen LogP contribution in [0.5, 0.6) is 0 Å². The molecule has 0 unspecified atom stereocenters. The predicted octanol–water partition coefficient (Wildman–Crippen LogP) is -0.546. The van der Waals surface area contributed by atoms with Gasteiger partial charge >= 0.3 is 37.7 Å². The SMILES string of the molecule is CC[C@H](C)[C@H](N=O)C(=O)[O-].CC[C@H](C)[C@H](N=O)C(=O)[O-].[Ca+2]. The van der Waals surface area contributed by atoms with Crippen LogP contribution in [0, 0.1) is 21.6 Å². The summed E-state index contributed by atoms with van der Waals surface area (Å²) >= 11 is 0. The summed E-state index contributed by atoms with van der Waals surface area (Å²) in [5.74, 6) is -3.24. The molecular weight excluding hydrogens is 308 g/mol. The van der Waals surface area contributed by atoms with Crippen molar-refractivity contribution in [3.63, 3.8) is 0 Å². The Bertz CT molecular complexity index is 308. The van der Waals surface area contributed by atoms with E-state index in [1.807, 2.05) is 0 Å². The van der Waals surface area contributed by atoms with Crippen LogP contribution in [-0.4, -0.2) is 61.8 Å². The van der Waals surface area contributed by atoms with Crippen molar-refractivity contribution in [3.05, 3.63) is 9.81 Å². The van der Waals surface area contributed by atoms with Gasteiger partial charge in [0.2, 0.25) is 0 Å². The molecule has 0 bridgehead atoms. The number of nitrogens with zero attached hydrogens (tertiary/aromatic N) is 2. The molecule has 0 N–H and O–H groups in total. The summed E-state index contributed by atoms with van der Waals surface area (Å²) in [4.78, 5) is 40.0. The third-order valence-electron chi connectivity index (χ3n) is 3.08. The summed E-state index contributed by atoms with van der Waals surface area (Å²) in [6.07, 6.45) is 1.23. The minimum absolute atomic E-state index is 0. The molecule has 0 aliphatic heterocycles. The second-order valence-electron chi connectivity index (χ2n) is 4.51. The second-order valence-corrected chi connectivity index (χ2v) is 4.51. The van der Waals surface area contributed by atoms with Gasteiger partial charge in [-0.1, -0.05) is 50.9 Å².